The third-order valence-corrected chi connectivity index (χ3v) is 3.82. The van der Waals surface area contributed by atoms with Gasteiger partial charge in [-0.1, -0.05) is 39.5 Å². The topological polar surface area (TPSA) is 55.8 Å². The number of unbranched alkanes of at least 4 members (excludes halogenated alkanes) is 3. The first-order valence-corrected chi connectivity index (χ1v) is 8.70. The lowest BCUT2D eigenvalue weighted by Crippen LogP contribution is -2.31. The summed E-state index contributed by atoms with van der Waals surface area (Å²) in [5.41, 5.74) is 0.438. The van der Waals surface area contributed by atoms with Gasteiger partial charge in [0.25, 0.3) is 0 Å². The third-order valence-electron chi connectivity index (χ3n) is 3.82. The Balaban J connectivity index is 2.47. The number of benzene rings is 1. The van der Waals surface area contributed by atoms with Crippen molar-refractivity contribution in [1.29, 1.82) is 0 Å². The van der Waals surface area contributed by atoms with Crippen molar-refractivity contribution in [1.82, 2.24) is 0 Å². The number of esters is 1. The van der Waals surface area contributed by atoms with Crippen molar-refractivity contribution in [3.8, 4) is 5.75 Å². The molecule has 23 heavy (non-hydrogen) atoms. The Hall–Kier alpha value is -1.55. The minimum absolute atomic E-state index is 0.0670. The number of ether oxygens (including phenoxy) is 2. The number of hydrogen-bond acceptors (Lipinski definition) is 4. The molecule has 4 nitrogen and oxygen atoms in total. The molecule has 4 heteroatoms. The number of phenols is 1. The molecular weight excluding hydrogens is 292 g/mol. The van der Waals surface area contributed by atoms with Crippen molar-refractivity contribution < 1.29 is 19.4 Å². The molecule has 0 radical (unpaired) electrons. The predicted octanol–water partition coefficient (Wildman–Crippen LogP) is 4.70. The van der Waals surface area contributed by atoms with Crippen LogP contribution in [0.1, 0.15) is 69.7 Å². The van der Waals surface area contributed by atoms with E-state index in [-0.39, 0.29) is 23.9 Å². The van der Waals surface area contributed by atoms with Gasteiger partial charge in [-0.15, -0.1) is 0 Å². The molecule has 1 N–H and O–H groups in total. The summed E-state index contributed by atoms with van der Waals surface area (Å²) in [6.45, 7) is 6.88. The molecule has 0 amide bonds. The van der Waals surface area contributed by atoms with Gasteiger partial charge < -0.3 is 14.6 Å². The van der Waals surface area contributed by atoms with Crippen LogP contribution >= 0.6 is 0 Å². The highest BCUT2D eigenvalue weighted by atomic mass is 16.6. The van der Waals surface area contributed by atoms with Crippen LogP contribution in [-0.4, -0.2) is 29.9 Å². The number of carbonyl (C=O) groups is 1. The Kier molecular flexibility index (Phi) is 9.37. The normalized spacial score (nSPS) is 13.5. The van der Waals surface area contributed by atoms with Crippen molar-refractivity contribution in [2.24, 2.45) is 0 Å². The monoisotopic (exact) mass is 322 g/mol. The minimum Gasteiger partial charge on any atom is -0.508 e. The quantitative estimate of drug-likeness (QED) is 0.474. The van der Waals surface area contributed by atoms with Crippen LogP contribution in [0.5, 0.6) is 5.75 Å². The lowest BCUT2D eigenvalue weighted by molar-refractivity contribution is -0.0503. The SMILES string of the molecule is CCCCCCOC(CCC)C(C)OC(=O)c1ccc(O)cc1. The highest BCUT2D eigenvalue weighted by Gasteiger charge is 2.21. The zero-order chi connectivity index (χ0) is 17.1. The van der Waals surface area contributed by atoms with Crippen LogP contribution in [0.2, 0.25) is 0 Å². The summed E-state index contributed by atoms with van der Waals surface area (Å²) in [7, 11) is 0. The van der Waals surface area contributed by atoms with Crippen LogP contribution in [0.4, 0.5) is 0 Å². The summed E-state index contributed by atoms with van der Waals surface area (Å²) in [4.78, 5) is 12.1. The van der Waals surface area contributed by atoms with Gasteiger partial charge in [-0.2, -0.15) is 0 Å². The van der Waals surface area contributed by atoms with E-state index in [4.69, 9.17) is 9.47 Å². The lowest BCUT2D eigenvalue weighted by atomic mass is 10.1. The van der Waals surface area contributed by atoms with E-state index in [1.54, 1.807) is 12.1 Å². The molecule has 1 aromatic carbocycles. The Labute approximate surface area is 139 Å². The van der Waals surface area contributed by atoms with Gasteiger partial charge in [-0.05, 0) is 44.0 Å². The Morgan fingerprint density at radius 3 is 2.39 bits per heavy atom. The Morgan fingerprint density at radius 1 is 1.09 bits per heavy atom. The van der Waals surface area contributed by atoms with Gasteiger partial charge in [0.15, 0.2) is 0 Å². The number of rotatable bonds is 11. The number of hydrogen-bond donors (Lipinski definition) is 1. The maximum atomic E-state index is 12.1. The van der Waals surface area contributed by atoms with Crippen molar-refractivity contribution in [3.63, 3.8) is 0 Å². The highest BCUT2D eigenvalue weighted by Crippen LogP contribution is 2.16. The van der Waals surface area contributed by atoms with Gasteiger partial charge in [0.1, 0.15) is 11.9 Å². The highest BCUT2D eigenvalue weighted by molar-refractivity contribution is 5.89. The van der Waals surface area contributed by atoms with Crippen LogP contribution in [0.3, 0.4) is 0 Å². The number of carbonyl (C=O) groups excluding carboxylic acids is 1. The fourth-order valence-corrected chi connectivity index (χ4v) is 2.41. The zero-order valence-corrected chi connectivity index (χ0v) is 14.6. The molecule has 0 aliphatic carbocycles. The first-order valence-electron chi connectivity index (χ1n) is 8.70. The molecule has 0 fully saturated rings. The molecule has 2 atom stereocenters. The largest absolute Gasteiger partial charge is 0.508 e. The standard InChI is InChI=1S/C19H30O4/c1-4-6-7-8-14-22-18(9-5-2)15(3)23-19(21)16-10-12-17(20)13-11-16/h10-13,15,18,20H,4-9,14H2,1-3H3. The van der Waals surface area contributed by atoms with E-state index in [1.165, 1.54) is 31.4 Å². The third kappa shape index (κ3) is 7.51. The van der Waals surface area contributed by atoms with E-state index in [9.17, 15) is 9.90 Å². The van der Waals surface area contributed by atoms with Crippen LogP contribution in [-0.2, 0) is 9.47 Å². The van der Waals surface area contributed by atoms with Gasteiger partial charge in [-0.3, -0.25) is 0 Å². The summed E-state index contributed by atoms with van der Waals surface area (Å²) in [6, 6.07) is 6.08. The molecule has 2 unspecified atom stereocenters. The molecule has 1 aromatic rings. The molecule has 0 saturated carbocycles. The maximum Gasteiger partial charge on any atom is 0.338 e. The summed E-state index contributed by atoms with van der Waals surface area (Å²) >= 11 is 0. The van der Waals surface area contributed by atoms with E-state index in [2.05, 4.69) is 13.8 Å². The van der Waals surface area contributed by atoms with Crippen LogP contribution in [0.25, 0.3) is 0 Å². The van der Waals surface area contributed by atoms with Crippen LogP contribution in [0.15, 0.2) is 24.3 Å². The average Bonchev–Trinajstić information content (AvgIpc) is 2.54. The molecule has 0 aliphatic rings. The average molecular weight is 322 g/mol. The van der Waals surface area contributed by atoms with Gasteiger partial charge in [0.05, 0.1) is 11.7 Å². The number of phenolic OH excluding ortho intramolecular Hbond substituents is 1. The van der Waals surface area contributed by atoms with Gasteiger partial charge in [-0.25, -0.2) is 4.79 Å². The van der Waals surface area contributed by atoms with Gasteiger partial charge in [0, 0.05) is 6.61 Å². The predicted molar refractivity (Wildman–Crippen MR) is 91.8 cm³/mol. The summed E-state index contributed by atoms with van der Waals surface area (Å²) < 4.78 is 11.5. The Bertz CT molecular complexity index is 441. The summed E-state index contributed by atoms with van der Waals surface area (Å²) in [5, 5.41) is 9.27. The fourth-order valence-electron chi connectivity index (χ4n) is 2.41. The maximum absolute atomic E-state index is 12.1. The molecule has 0 spiro atoms. The molecule has 0 aliphatic heterocycles. The molecule has 1 rings (SSSR count). The van der Waals surface area contributed by atoms with Crippen molar-refractivity contribution in [2.75, 3.05) is 6.61 Å². The van der Waals surface area contributed by atoms with Crippen molar-refractivity contribution >= 4 is 5.97 Å². The smallest absolute Gasteiger partial charge is 0.338 e. The van der Waals surface area contributed by atoms with E-state index in [0.717, 1.165) is 19.3 Å². The van der Waals surface area contributed by atoms with Crippen LogP contribution in [0, 0.1) is 0 Å². The lowest BCUT2D eigenvalue weighted by Gasteiger charge is -2.24. The first kappa shape index (κ1) is 19.5. The molecule has 0 bridgehead atoms. The fraction of sp³-hybridized carbons (Fsp3) is 0.632. The molecule has 0 aromatic heterocycles. The summed E-state index contributed by atoms with van der Waals surface area (Å²) in [5.74, 6) is -0.248. The van der Waals surface area contributed by atoms with E-state index < -0.39 is 0 Å². The second-order valence-electron chi connectivity index (χ2n) is 5.92. The van der Waals surface area contributed by atoms with E-state index >= 15 is 0 Å². The summed E-state index contributed by atoms with van der Waals surface area (Å²) in [6.07, 6.45) is 6.17. The van der Waals surface area contributed by atoms with Gasteiger partial charge >= 0.3 is 5.97 Å². The molecule has 0 saturated heterocycles. The van der Waals surface area contributed by atoms with E-state index in [1.807, 2.05) is 6.92 Å². The van der Waals surface area contributed by atoms with Gasteiger partial charge in [0.2, 0.25) is 0 Å². The van der Waals surface area contributed by atoms with Crippen LogP contribution < -0.4 is 0 Å². The second-order valence-corrected chi connectivity index (χ2v) is 5.92. The zero-order valence-electron chi connectivity index (χ0n) is 14.6. The number of aromatic hydroxyl groups is 1. The van der Waals surface area contributed by atoms with Crippen molar-refractivity contribution in [3.05, 3.63) is 29.8 Å². The molecule has 130 valence electrons. The van der Waals surface area contributed by atoms with Crippen molar-refractivity contribution in [2.45, 2.75) is 71.5 Å². The first-order chi connectivity index (χ1) is 11.1. The second kappa shape index (κ2) is 11.1. The molecule has 0 heterocycles. The Morgan fingerprint density at radius 2 is 1.78 bits per heavy atom. The van der Waals surface area contributed by atoms with E-state index in [0.29, 0.717) is 12.2 Å². The minimum atomic E-state index is -0.381. The molecular formula is C19H30O4.